The van der Waals surface area contributed by atoms with Crippen molar-refractivity contribution in [2.24, 2.45) is 5.92 Å². The standard InChI is InChI=1S/C26H30F3N5O3/c1-16(2)14-25(37)8-10-33(11-9-25)24(36)31-18-12-21(26(27,28)29)20-15-34(32-22(20)13-18)19-6-4-17(5-7-19)23(35)30-3/h4-7,12-13,15-16,37H,8-11,14H2,1-3H3,(H,30,35)(H,31,36). The maximum Gasteiger partial charge on any atom is 0.417 e. The van der Waals surface area contributed by atoms with E-state index in [-0.39, 0.29) is 22.5 Å². The number of halogens is 3. The molecule has 4 rings (SSSR count). The zero-order chi connectivity index (χ0) is 27.0. The molecule has 3 N–H and O–H groups in total. The van der Waals surface area contributed by atoms with E-state index in [1.165, 1.54) is 28.9 Å². The largest absolute Gasteiger partial charge is 0.417 e. The zero-order valence-corrected chi connectivity index (χ0v) is 20.9. The number of nitrogens with zero attached hydrogens (tertiary/aromatic N) is 3. The topological polar surface area (TPSA) is 99.5 Å². The van der Waals surface area contributed by atoms with E-state index < -0.39 is 23.4 Å². The molecule has 2 aromatic carbocycles. The number of rotatable bonds is 5. The zero-order valence-electron chi connectivity index (χ0n) is 20.9. The number of amides is 3. The van der Waals surface area contributed by atoms with Crippen LogP contribution in [0.15, 0.2) is 42.6 Å². The van der Waals surface area contributed by atoms with Gasteiger partial charge >= 0.3 is 12.2 Å². The first-order chi connectivity index (χ1) is 17.4. The van der Waals surface area contributed by atoms with Gasteiger partial charge in [-0.15, -0.1) is 0 Å². The van der Waals surface area contributed by atoms with E-state index in [1.807, 2.05) is 13.8 Å². The van der Waals surface area contributed by atoms with Crippen LogP contribution < -0.4 is 10.6 Å². The first-order valence-electron chi connectivity index (χ1n) is 12.1. The second-order valence-electron chi connectivity index (χ2n) is 9.89. The number of anilines is 1. The SMILES string of the molecule is CNC(=O)c1ccc(-n2cc3c(C(F)(F)F)cc(NC(=O)N4CCC(O)(CC(C)C)CC4)cc3n2)cc1. The Morgan fingerprint density at radius 1 is 1.14 bits per heavy atom. The van der Waals surface area contributed by atoms with E-state index in [1.54, 1.807) is 24.3 Å². The molecule has 0 bridgehead atoms. The van der Waals surface area contributed by atoms with Crippen LogP contribution in [0.1, 0.15) is 49.0 Å². The van der Waals surface area contributed by atoms with Crippen molar-refractivity contribution in [3.05, 3.63) is 53.7 Å². The Kier molecular flexibility index (Phi) is 7.18. The summed E-state index contributed by atoms with van der Waals surface area (Å²) >= 11 is 0. The fourth-order valence-corrected chi connectivity index (χ4v) is 4.77. The van der Waals surface area contributed by atoms with Gasteiger partial charge in [-0.2, -0.15) is 18.3 Å². The smallest absolute Gasteiger partial charge is 0.390 e. The Morgan fingerprint density at radius 3 is 2.35 bits per heavy atom. The summed E-state index contributed by atoms with van der Waals surface area (Å²) in [6.45, 7) is 4.66. The molecule has 3 aromatic rings. The minimum Gasteiger partial charge on any atom is -0.390 e. The normalized spacial score (nSPS) is 15.7. The van der Waals surface area contributed by atoms with Gasteiger partial charge in [0.1, 0.15) is 0 Å². The van der Waals surface area contributed by atoms with E-state index in [4.69, 9.17) is 0 Å². The molecule has 1 saturated heterocycles. The molecule has 1 aromatic heterocycles. The lowest BCUT2D eigenvalue weighted by Crippen LogP contribution is -2.48. The molecule has 1 aliphatic rings. The summed E-state index contributed by atoms with van der Waals surface area (Å²) in [5.74, 6) is 0.0294. The van der Waals surface area contributed by atoms with E-state index in [0.29, 0.717) is 49.5 Å². The quantitative estimate of drug-likeness (QED) is 0.452. The number of aromatic nitrogens is 2. The van der Waals surface area contributed by atoms with Crippen molar-refractivity contribution in [1.82, 2.24) is 20.0 Å². The van der Waals surface area contributed by atoms with Crippen LogP contribution in [-0.2, 0) is 6.18 Å². The molecule has 8 nitrogen and oxygen atoms in total. The maximum absolute atomic E-state index is 13.9. The van der Waals surface area contributed by atoms with Crippen LogP contribution in [0.3, 0.4) is 0 Å². The number of likely N-dealkylation sites (tertiary alicyclic amines) is 1. The van der Waals surface area contributed by atoms with Crippen molar-refractivity contribution < 1.29 is 27.9 Å². The molecule has 1 aliphatic heterocycles. The molecule has 0 atom stereocenters. The molecule has 0 aliphatic carbocycles. The van der Waals surface area contributed by atoms with E-state index >= 15 is 0 Å². The van der Waals surface area contributed by atoms with Crippen LogP contribution in [0, 0.1) is 5.92 Å². The minimum atomic E-state index is -4.67. The molecular weight excluding hydrogens is 487 g/mol. The van der Waals surface area contributed by atoms with E-state index in [0.717, 1.165) is 6.07 Å². The first kappa shape index (κ1) is 26.5. The third-order valence-corrected chi connectivity index (χ3v) is 6.57. The fourth-order valence-electron chi connectivity index (χ4n) is 4.77. The Bertz CT molecular complexity index is 1290. The number of benzene rings is 2. The summed E-state index contributed by atoms with van der Waals surface area (Å²) in [6, 6.07) is 8.06. The number of carbonyl (C=O) groups excluding carboxylic acids is 2. The van der Waals surface area contributed by atoms with Crippen molar-refractivity contribution in [2.45, 2.75) is 44.9 Å². The summed E-state index contributed by atoms with van der Waals surface area (Å²) in [7, 11) is 1.50. The average molecular weight is 518 g/mol. The van der Waals surface area contributed by atoms with Crippen molar-refractivity contribution in [1.29, 1.82) is 0 Å². The maximum atomic E-state index is 13.9. The lowest BCUT2D eigenvalue weighted by Gasteiger charge is -2.39. The molecule has 2 heterocycles. The Balaban J connectivity index is 1.58. The lowest BCUT2D eigenvalue weighted by atomic mass is 9.84. The van der Waals surface area contributed by atoms with Gasteiger partial charge in [0.25, 0.3) is 5.91 Å². The third kappa shape index (κ3) is 5.87. The van der Waals surface area contributed by atoms with E-state index in [9.17, 15) is 27.9 Å². The number of aliphatic hydroxyl groups is 1. The van der Waals surface area contributed by atoms with Crippen LogP contribution in [0.4, 0.5) is 23.7 Å². The third-order valence-electron chi connectivity index (χ3n) is 6.57. The van der Waals surface area contributed by atoms with Gasteiger partial charge in [-0.25, -0.2) is 9.48 Å². The van der Waals surface area contributed by atoms with Crippen LogP contribution in [0.5, 0.6) is 0 Å². The molecular formula is C26H30F3N5O3. The molecule has 0 radical (unpaired) electrons. The number of urea groups is 1. The van der Waals surface area contributed by atoms with Crippen molar-refractivity contribution >= 4 is 28.5 Å². The van der Waals surface area contributed by atoms with E-state index in [2.05, 4.69) is 15.7 Å². The number of nitrogens with one attached hydrogen (secondary N) is 2. The van der Waals surface area contributed by atoms with Crippen molar-refractivity contribution in [2.75, 3.05) is 25.5 Å². The number of hydrogen-bond acceptors (Lipinski definition) is 4. The summed E-state index contributed by atoms with van der Waals surface area (Å²) in [5.41, 5.74) is -0.829. The highest BCUT2D eigenvalue weighted by Crippen LogP contribution is 2.37. The second kappa shape index (κ2) is 10.0. The predicted molar refractivity (Wildman–Crippen MR) is 134 cm³/mol. The van der Waals surface area contributed by atoms with Gasteiger partial charge in [0, 0.05) is 43.0 Å². The van der Waals surface area contributed by atoms with Gasteiger partial charge in [0.15, 0.2) is 0 Å². The number of alkyl halides is 3. The predicted octanol–water partition coefficient (Wildman–Crippen LogP) is 4.81. The van der Waals surface area contributed by atoms with Crippen LogP contribution in [0.2, 0.25) is 0 Å². The highest BCUT2D eigenvalue weighted by molar-refractivity contribution is 5.95. The number of hydrogen-bond donors (Lipinski definition) is 3. The van der Waals surface area contributed by atoms with Gasteiger partial charge in [0.05, 0.1) is 22.4 Å². The molecule has 0 spiro atoms. The molecule has 11 heteroatoms. The number of fused-ring (bicyclic) bond motifs is 1. The summed E-state index contributed by atoms with van der Waals surface area (Å²) in [5, 5.41) is 20.0. The highest BCUT2D eigenvalue weighted by Gasteiger charge is 2.36. The van der Waals surface area contributed by atoms with Crippen molar-refractivity contribution in [3.8, 4) is 5.69 Å². The van der Waals surface area contributed by atoms with Gasteiger partial charge in [-0.05, 0) is 61.6 Å². The molecule has 1 fully saturated rings. The number of carbonyl (C=O) groups is 2. The van der Waals surface area contributed by atoms with Crippen LogP contribution in [0.25, 0.3) is 16.6 Å². The lowest BCUT2D eigenvalue weighted by molar-refractivity contribution is -0.136. The molecule has 37 heavy (non-hydrogen) atoms. The Hall–Kier alpha value is -3.60. The molecule has 3 amide bonds. The molecule has 198 valence electrons. The van der Waals surface area contributed by atoms with Gasteiger partial charge in [-0.1, -0.05) is 13.8 Å². The van der Waals surface area contributed by atoms with Gasteiger partial charge < -0.3 is 20.6 Å². The number of piperidine rings is 1. The van der Waals surface area contributed by atoms with Gasteiger partial charge in [-0.3, -0.25) is 4.79 Å². The molecule has 0 unspecified atom stereocenters. The highest BCUT2D eigenvalue weighted by atomic mass is 19.4. The summed E-state index contributed by atoms with van der Waals surface area (Å²) in [4.78, 5) is 26.1. The van der Waals surface area contributed by atoms with Crippen molar-refractivity contribution in [3.63, 3.8) is 0 Å². The second-order valence-corrected chi connectivity index (χ2v) is 9.89. The summed E-state index contributed by atoms with van der Waals surface area (Å²) in [6.07, 6.45) is -1.94. The fraction of sp³-hybridized carbons (Fsp3) is 0.423. The average Bonchev–Trinajstić information content (AvgIpc) is 3.26. The monoisotopic (exact) mass is 517 g/mol. The summed E-state index contributed by atoms with van der Waals surface area (Å²) < 4.78 is 43.1. The van der Waals surface area contributed by atoms with Crippen LogP contribution in [-0.4, -0.2) is 57.5 Å². The Morgan fingerprint density at radius 2 is 1.78 bits per heavy atom. The van der Waals surface area contributed by atoms with Gasteiger partial charge in [0.2, 0.25) is 0 Å². The first-order valence-corrected chi connectivity index (χ1v) is 12.1. The molecule has 0 saturated carbocycles. The minimum absolute atomic E-state index is 0.0203. The Labute approximate surface area is 212 Å². The van der Waals surface area contributed by atoms with Crippen LogP contribution >= 0.6 is 0 Å².